The first-order chi connectivity index (χ1) is 9.83. The van der Waals surface area contributed by atoms with Gasteiger partial charge in [-0.1, -0.05) is 17.8 Å². The van der Waals surface area contributed by atoms with Crippen LogP contribution in [0.5, 0.6) is 5.75 Å². The van der Waals surface area contributed by atoms with E-state index >= 15 is 0 Å². The van der Waals surface area contributed by atoms with Gasteiger partial charge >= 0.3 is 0 Å². The number of nitrogens with zero attached hydrogens (tertiary/aromatic N) is 5. The van der Waals surface area contributed by atoms with Crippen LogP contribution in [-0.2, 0) is 5.75 Å². The molecule has 0 atom stereocenters. The van der Waals surface area contributed by atoms with Gasteiger partial charge in [0.15, 0.2) is 0 Å². The summed E-state index contributed by atoms with van der Waals surface area (Å²) in [5.74, 6) is 0.906. The Balaban J connectivity index is 1.78. The number of hydrogen-bond acceptors (Lipinski definition) is 6. The summed E-state index contributed by atoms with van der Waals surface area (Å²) < 4.78 is 1.63. The lowest BCUT2D eigenvalue weighted by Gasteiger charge is -2.04. The van der Waals surface area contributed by atoms with E-state index in [1.54, 1.807) is 35.1 Å². The van der Waals surface area contributed by atoms with Gasteiger partial charge in [-0.15, -0.1) is 5.10 Å². The lowest BCUT2D eigenvalue weighted by atomic mass is 10.3. The molecule has 20 heavy (non-hydrogen) atoms. The Labute approximate surface area is 119 Å². The molecule has 6 nitrogen and oxygen atoms in total. The van der Waals surface area contributed by atoms with E-state index in [0.29, 0.717) is 10.9 Å². The van der Waals surface area contributed by atoms with Crippen molar-refractivity contribution in [3.8, 4) is 11.4 Å². The van der Waals surface area contributed by atoms with E-state index in [4.69, 9.17) is 0 Å². The van der Waals surface area contributed by atoms with Crippen molar-refractivity contribution in [1.29, 1.82) is 0 Å². The lowest BCUT2D eigenvalue weighted by molar-refractivity contribution is 0.475. The molecule has 0 aliphatic heterocycles. The van der Waals surface area contributed by atoms with Gasteiger partial charge in [0, 0.05) is 11.9 Å². The van der Waals surface area contributed by atoms with Crippen LogP contribution in [0.1, 0.15) is 5.69 Å². The number of benzene rings is 1. The smallest absolute Gasteiger partial charge is 0.214 e. The molecule has 1 aromatic carbocycles. The Kier molecular flexibility index (Phi) is 3.60. The third-order valence-corrected chi connectivity index (χ3v) is 3.56. The molecule has 100 valence electrons. The fraction of sp³-hybridized carbons (Fsp3) is 0.0769. The summed E-state index contributed by atoms with van der Waals surface area (Å²) in [6.07, 6.45) is 1.76. The summed E-state index contributed by atoms with van der Waals surface area (Å²) >= 11 is 1.51. The van der Waals surface area contributed by atoms with E-state index in [-0.39, 0.29) is 5.75 Å². The molecule has 0 unspecified atom stereocenters. The van der Waals surface area contributed by atoms with Gasteiger partial charge in [0.2, 0.25) is 5.16 Å². The Morgan fingerprint density at radius 2 is 1.95 bits per heavy atom. The zero-order chi connectivity index (χ0) is 13.8. The monoisotopic (exact) mass is 285 g/mol. The Morgan fingerprint density at radius 1 is 1.10 bits per heavy atom. The van der Waals surface area contributed by atoms with Crippen LogP contribution in [0.25, 0.3) is 5.69 Å². The molecule has 0 amide bonds. The number of aromatic hydroxyl groups is 1. The quantitative estimate of drug-likeness (QED) is 0.739. The zero-order valence-electron chi connectivity index (χ0n) is 10.4. The van der Waals surface area contributed by atoms with Crippen molar-refractivity contribution in [1.82, 2.24) is 25.2 Å². The maximum atomic E-state index is 9.30. The number of rotatable bonds is 4. The number of hydrogen-bond donors (Lipinski definition) is 1. The molecule has 0 radical (unpaired) electrons. The molecule has 3 aromatic rings. The molecule has 0 spiro atoms. The van der Waals surface area contributed by atoms with E-state index in [2.05, 4.69) is 20.5 Å². The first kappa shape index (κ1) is 12.6. The van der Waals surface area contributed by atoms with Crippen molar-refractivity contribution in [3.63, 3.8) is 0 Å². The van der Waals surface area contributed by atoms with Crippen LogP contribution in [0.4, 0.5) is 0 Å². The van der Waals surface area contributed by atoms with Crippen LogP contribution in [0.2, 0.25) is 0 Å². The average molecular weight is 285 g/mol. The Bertz CT molecular complexity index is 683. The van der Waals surface area contributed by atoms with Gasteiger partial charge in [-0.3, -0.25) is 4.98 Å². The van der Waals surface area contributed by atoms with Crippen LogP contribution >= 0.6 is 11.8 Å². The van der Waals surface area contributed by atoms with Crippen LogP contribution in [-0.4, -0.2) is 30.3 Å². The lowest BCUT2D eigenvalue weighted by Crippen LogP contribution is -1.99. The highest BCUT2D eigenvalue weighted by Gasteiger charge is 2.09. The van der Waals surface area contributed by atoms with Crippen LogP contribution in [0.15, 0.2) is 53.8 Å². The molecule has 0 aliphatic rings. The highest BCUT2D eigenvalue weighted by Crippen LogP contribution is 2.22. The van der Waals surface area contributed by atoms with E-state index < -0.39 is 0 Å². The number of pyridine rings is 1. The van der Waals surface area contributed by atoms with Crippen LogP contribution in [0, 0.1) is 0 Å². The van der Waals surface area contributed by atoms with E-state index in [1.807, 2.05) is 18.2 Å². The van der Waals surface area contributed by atoms with Crippen molar-refractivity contribution in [2.45, 2.75) is 10.9 Å². The van der Waals surface area contributed by atoms with Gasteiger partial charge in [-0.05, 0) is 46.8 Å². The minimum atomic E-state index is 0.213. The van der Waals surface area contributed by atoms with Gasteiger partial charge in [-0.2, -0.15) is 4.68 Å². The van der Waals surface area contributed by atoms with E-state index in [1.165, 1.54) is 11.8 Å². The van der Waals surface area contributed by atoms with E-state index in [9.17, 15) is 5.11 Å². The average Bonchev–Trinajstić information content (AvgIpc) is 2.95. The van der Waals surface area contributed by atoms with Crippen molar-refractivity contribution in [2.75, 3.05) is 0 Å². The summed E-state index contributed by atoms with van der Waals surface area (Å²) in [7, 11) is 0. The summed E-state index contributed by atoms with van der Waals surface area (Å²) in [6, 6.07) is 12.5. The fourth-order valence-corrected chi connectivity index (χ4v) is 2.45. The summed E-state index contributed by atoms with van der Waals surface area (Å²) in [6.45, 7) is 0. The first-order valence-corrected chi connectivity index (χ1v) is 6.92. The second kappa shape index (κ2) is 5.70. The molecular weight excluding hydrogens is 274 g/mol. The maximum absolute atomic E-state index is 9.30. The molecule has 0 aliphatic carbocycles. The molecule has 2 heterocycles. The number of aromatic nitrogens is 5. The number of phenols is 1. The standard InChI is InChI=1S/C13H11N5OS/c19-12-6-4-11(5-7-12)18-13(15-16-17-18)20-9-10-3-1-2-8-14-10/h1-8,19H,9H2. The molecule has 2 aromatic heterocycles. The van der Waals surface area contributed by atoms with Crippen molar-refractivity contribution in [3.05, 3.63) is 54.4 Å². The molecule has 1 N–H and O–H groups in total. The van der Waals surface area contributed by atoms with Gasteiger partial charge in [0.05, 0.1) is 11.4 Å². The highest BCUT2D eigenvalue weighted by atomic mass is 32.2. The van der Waals surface area contributed by atoms with Gasteiger partial charge in [0.25, 0.3) is 0 Å². The van der Waals surface area contributed by atoms with Gasteiger partial charge < -0.3 is 5.11 Å². The predicted molar refractivity (Wildman–Crippen MR) is 74.6 cm³/mol. The largest absolute Gasteiger partial charge is 0.508 e. The minimum absolute atomic E-state index is 0.213. The number of tetrazole rings is 1. The minimum Gasteiger partial charge on any atom is -0.508 e. The van der Waals surface area contributed by atoms with Crippen LogP contribution < -0.4 is 0 Å². The number of phenolic OH excluding ortho intramolecular Hbond substituents is 1. The van der Waals surface area contributed by atoms with Gasteiger partial charge in [0.1, 0.15) is 5.75 Å². The highest BCUT2D eigenvalue weighted by molar-refractivity contribution is 7.98. The normalized spacial score (nSPS) is 10.6. The topological polar surface area (TPSA) is 76.7 Å². The molecule has 0 saturated heterocycles. The SMILES string of the molecule is Oc1ccc(-n2nnnc2SCc2ccccn2)cc1. The van der Waals surface area contributed by atoms with Gasteiger partial charge in [-0.25, -0.2) is 0 Å². The second-order valence-electron chi connectivity index (χ2n) is 4.00. The van der Waals surface area contributed by atoms with Crippen LogP contribution in [0.3, 0.4) is 0 Å². The first-order valence-electron chi connectivity index (χ1n) is 5.93. The molecule has 7 heteroatoms. The maximum Gasteiger partial charge on any atom is 0.214 e. The summed E-state index contributed by atoms with van der Waals surface area (Å²) in [5, 5.41) is 21.6. The zero-order valence-corrected chi connectivity index (χ0v) is 11.2. The molecule has 3 rings (SSSR count). The number of thioether (sulfide) groups is 1. The predicted octanol–water partition coefficient (Wildman–Crippen LogP) is 2.06. The molecular formula is C13H11N5OS. The molecule has 0 fully saturated rings. The fourth-order valence-electron chi connectivity index (χ4n) is 1.65. The van der Waals surface area contributed by atoms with Crippen molar-refractivity contribution >= 4 is 11.8 Å². The van der Waals surface area contributed by atoms with Crippen molar-refractivity contribution in [2.24, 2.45) is 0 Å². The van der Waals surface area contributed by atoms with E-state index in [0.717, 1.165) is 11.4 Å². The van der Waals surface area contributed by atoms with Crippen molar-refractivity contribution < 1.29 is 5.11 Å². The molecule has 0 bridgehead atoms. The Hall–Kier alpha value is -2.41. The molecule has 0 saturated carbocycles. The third-order valence-electron chi connectivity index (χ3n) is 2.61. The Morgan fingerprint density at radius 3 is 2.70 bits per heavy atom. The summed E-state index contributed by atoms with van der Waals surface area (Å²) in [5.41, 5.74) is 1.77. The summed E-state index contributed by atoms with van der Waals surface area (Å²) in [4.78, 5) is 4.26. The second-order valence-corrected chi connectivity index (χ2v) is 4.94. The third kappa shape index (κ3) is 2.77.